The molecule has 2 nitrogen and oxygen atoms in total. The topological polar surface area (TPSA) is 15.3 Å². The lowest BCUT2D eigenvalue weighted by Gasteiger charge is -2.15. The summed E-state index contributed by atoms with van der Waals surface area (Å²) in [4.78, 5) is 0. The highest BCUT2D eigenvalue weighted by Crippen LogP contribution is 2.12. The van der Waals surface area contributed by atoms with Crippen LogP contribution in [-0.4, -0.2) is 9.28 Å². The van der Waals surface area contributed by atoms with Gasteiger partial charge < -0.3 is 5.32 Å². The van der Waals surface area contributed by atoms with Crippen LogP contribution in [0, 0.1) is 0 Å². The minimum atomic E-state index is 0.524. The Morgan fingerprint density at radius 3 is 2.88 bits per heavy atom. The Labute approximate surface area is 63.4 Å². The van der Waals surface area contributed by atoms with Crippen molar-refractivity contribution in [1.29, 1.82) is 0 Å². The van der Waals surface area contributed by atoms with Gasteiger partial charge in [-0.2, -0.15) is 0 Å². The summed E-state index contributed by atoms with van der Waals surface area (Å²) in [6, 6.07) is 0. The van der Waals surface area contributed by atoms with Gasteiger partial charge >= 0.3 is 0 Å². The van der Waals surface area contributed by atoms with E-state index in [1.807, 2.05) is 12.4 Å². The standard InChI is InChI=1S/C5H9IN2/c1-2-5-7-3-4-8(5)6/h3-5,7H,2H2,1H3. The third kappa shape index (κ3) is 1.07. The van der Waals surface area contributed by atoms with Crippen molar-refractivity contribution >= 4 is 22.9 Å². The van der Waals surface area contributed by atoms with Crippen molar-refractivity contribution in [1.82, 2.24) is 8.43 Å². The number of nitrogens with one attached hydrogen (secondary N) is 1. The van der Waals surface area contributed by atoms with Gasteiger partial charge in [-0.1, -0.05) is 6.92 Å². The summed E-state index contributed by atoms with van der Waals surface area (Å²) in [7, 11) is 0. The lowest BCUT2D eigenvalue weighted by Crippen LogP contribution is -2.27. The molecule has 0 aromatic rings. The van der Waals surface area contributed by atoms with Crippen molar-refractivity contribution in [2.75, 3.05) is 0 Å². The van der Waals surface area contributed by atoms with Crippen molar-refractivity contribution in [2.24, 2.45) is 0 Å². The van der Waals surface area contributed by atoms with Gasteiger partial charge in [-0.15, -0.1) is 0 Å². The lowest BCUT2D eigenvalue weighted by molar-refractivity contribution is 0.450. The Morgan fingerprint density at radius 2 is 2.62 bits per heavy atom. The molecule has 1 rings (SSSR count). The van der Waals surface area contributed by atoms with Gasteiger partial charge in [-0.25, -0.2) is 0 Å². The highest BCUT2D eigenvalue weighted by atomic mass is 127. The van der Waals surface area contributed by atoms with Gasteiger partial charge in [0, 0.05) is 12.4 Å². The molecular formula is C5H9IN2. The molecule has 0 amide bonds. The minimum absolute atomic E-state index is 0.524. The van der Waals surface area contributed by atoms with E-state index in [0.29, 0.717) is 6.17 Å². The SMILES string of the molecule is CCC1NC=CN1I. The molecule has 1 atom stereocenters. The van der Waals surface area contributed by atoms with Gasteiger partial charge in [0.25, 0.3) is 0 Å². The smallest absolute Gasteiger partial charge is 0.107 e. The molecule has 1 heterocycles. The molecule has 0 spiro atoms. The average molecular weight is 224 g/mol. The van der Waals surface area contributed by atoms with Crippen molar-refractivity contribution in [3.8, 4) is 0 Å². The first-order valence-corrected chi connectivity index (χ1v) is 3.68. The van der Waals surface area contributed by atoms with E-state index in [1.165, 1.54) is 0 Å². The maximum Gasteiger partial charge on any atom is 0.107 e. The largest absolute Gasteiger partial charge is 0.369 e. The third-order valence-electron chi connectivity index (χ3n) is 1.19. The monoisotopic (exact) mass is 224 g/mol. The molecule has 0 bridgehead atoms. The van der Waals surface area contributed by atoms with E-state index in [-0.39, 0.29) is 0 Å². The molecule has 1 aliphatic rings. The first kappa shape index (κ1) is 6.19. The highest BCUT2D eigenvalue weighted by Gasteiger charge is 2.11. The first-order valence-electron chi connectivity index (χ1n) is 2.71. The summed E-state index contributed by atoms with van der Waals surface area (Å²) in [6.07, 6.45) is 5.68. The van der Waals surface area contributed by atoms with Crippen LogP contribution in [0.2, 0.25) is 0 Å². The number of halogens is 1. The Hall–Kier alpha value is 0.0700. The normalized spacial score (nSPS) is 26.2. The fourth-order valence-electron chi connectivity index (χ4n) is 0.693. The Kier molecular flexibility index (Phi) is 1.99. The fourth-order valence-corrected chi connectivity index (χ4v) is 1.41. The highest BCUT2D eigenvalue weighted by molar-refractivity contribution is 14.1. The summed E-state index contributed by atoms with van der Waals surface area (Å²) in [6.45, 7) is 2.16. The molecule has 1 unspecified atom stereocenters. The van der Waals surface area contributed by atoms with Crippen LogP contribution in [-0.2, 0) is 0 Å². The zero-order chi connectivity index (χ0) is 5.98. The molecule has 0 fully saturated rings. The van der Waals surface area contributed by atoms with Crippen LogP contribution in [0.3, 0.4) is 0 Å². The summed E-state index contributed by atoms with van der Waals surface area (Å²) >= 11 is 2.28. The summed E-state index contributed by atoms with van der Waals surface area (Å²) < 4.78 is 2.14. The van der Waals surface area contributed by atoms with Crippen LogP contribution >= 0.6 is 22.9 Å². The van der Waals surface area contributed by atoms with Crippen LogP contribution in [0.1, 0.15) is 13.3 Å². The van der Waals surface area contributed by atoms with Gasteiger partial charge in [0.15, 0.2) is 0 Å². The van der Waals surface area contributed by atoms with Crippen molar-refractivity contribution in [3.63, 3.8) is 0 Å². The van der Waals surface area contributed by atoms with Crippen LogP contribution in [0.4, 0.5) is 0 Å². The van der Waals surface area contributed by atoms with Crippen LogP contribution < -0.4 is 5.32 Å². The van der Waals surface area contributed by atoms with E-state index in [9.17, 15) is 0 Å². The Morgan fingerprint density at radius 1 is 1.88 bits per heavy atom. The maximum atomic E-state index is 3.19. The van der Waals surface area contributed by atoms with E-state index < -0.39 is 0 Å². The number of hydrogen-bond acceptors (Lipinski definition) is 2. The molecule has 46 valence electrons. The second kappa shape index (κ2) is 2.57. The van der Waals surface area contributed by atoms with Crippen molar-refractivity contribution in [3.05, 3.63) is 12.4 Å². The number of nitrogens with zero attached hydrogens (tertiary/aromatic N) is 1. The predicted molar refractivity (Wildman–Crippen MR) is 42.2 cm³/mol. The molecule has 0 aromatic heterocycles. The molecular weight excluding hydrogens is 215 g/mol. The van der Waals surface area contributed by atoms with E-state index in [0.717, 1.165) is 6.42 Å². The van der Waals surface area contributed by atoms with Crippen LogP contribution in [0.5, 0.6) is 0 Å². The quantitative estimate of drug-likeness (QED) is 0.535. The molecule has 0 aliphatic carbocycles. The van der Waals surface area contributed by atoms with E-state index in [1.54, 1.807) is 0 Å². The molecule has 0 aromatic carbocycles. The molecule has 3 heteroatoms. The van der Waals surface area contributed by atoms with Crippen molar-refractivity contribution < 1.29 is 0 Å². The molecule has 0 saturated heterocycles. The van der Waals surface area contributed by atoms with E-state index >= 15 is 0 Å². The van der Waals surface area contributed by atoms with E-state index in [4.69, 9.17) is 0 Å². The zero-order valence-electron chi connectivity index (χ0n) is 4.76. The molecule has 0 saturated carbocycles. The molecule has 1 aliphatic heterocycles. The van der Waals surface area contributed by atoms with Crippen LogP contribution in [0.15, 0.2) is 12.4 Å². The van der Waals surface area contributed by atoms with Gasteiger partial charge in [0.1, 0.15) is 6.17 Å². The minimum Gasteiger partial charge on any atom is -0.369 e. The summed E-state index contributed by atoms with van der Waals surface area (Å²) in [5.41, 5.74) is 0. The Bertz CT molecular complexity index is 103. The number of rotatable bonds is 1. The molecule has 1 N–H and O–H groups in total. The maximum absolute atomic E-state index is 3.19. The molecule has 8 heavy (non-hydrogen) atoms. The van der Waals surface area contributed by atoms with Crippen LogP contribution in [0.25, 0.3) is 0 Å². The summed E-state index contributed by atoms with van der Waals surface area (Å²) in [5, 5.41) is 3.19. The Balaban J connectivity index is 2.38. The second-order valence-corrected chi connectivity index (χ2v) is 2.86. The van der Waals surface area contributed by atoms with Gasteiger partial charge in [-0.3, -0.25) is 3.11 Å². The lowest BCUT2D eigenvalue weighted by atomic mass is 10.4. The number of hydrogen-bond donors (Lipinski definition) is 1. The van der Waals surface area contributed by atoms with Crippen molar-refractivity contribution in [2.45, 2.75) is 19.5 Å². The molecule has 0 radical (unpaired) electrons. The fraction of sp³-hybridized carbons (Fsp3) is 0.600. The second-order valence-electron chi connectivity index (χ2n) is 1.75. The van der Waals surface area contributed by atoms with Gasteiger partial charge in [-0.05, 0) is 6.42 Å². The van der Waals surface area contributed by atoms with Gasteiger partial charge in [0.05, 0.1) is 22.9 Å². The summed E-state index contributed by atoms with van der Waals surface area (Å²) in [5.74, 6) is 0. The predicted octanol–water partition coefficient (Wildman–Crippen LogP) is 1.45. The third-order valence-corrected chi connectivity index (χ3v) is 2.18. The first-order chi connectivity index (χ1) is 3.84. The van der Waals surface area contributed by atoms with Gasteiger partial charge in [0.2, 0.25) is 0 Å². The van der Waals surface area contributed by atoms with E-state index in [2.05, 4.69) is 38.2 Å². The average Bonchev–Trinajstić information content (AvgIpc) is 2.14. The zero-order valence-corrected chi connectivity index (χ0v) is 6.92.